The number of hydrogen-bond donors (Lipinski definition) is 0. The molecule has 3 aromatic carbocycles. The van der Waals surface area contributed by atoms with Crippen molar-refractivity contribution >= 4 is 12.6 Å². The molecule has 1 aliphatic rings. The lowest BCUT2D eigenvalue weighted by molar-refractivity contribution is 0.00578. The summed E-state index contributed by atoms with van der Waals surface area (Å²) >= 11 is 0. The molecule has 0 aliphatic carbocycles. The van der Waals surface area contributed by atoms with Gasteiger partial charge in [-0.1, -0.05) is 30.3 Å². The monoisotopic (exact) mass is 602 g/mol. The zero-order valence-corrected chi connectivity index (χ0v) is 26.2. The van der Waals surface area contributed by atoms with Gasteiger partial charge in [-0.15, -0.1) is 0 Å². The van der Waals surface area contributed by atoms with Crippen LogP contribution in [-0.2, 0) is 35.0 Å². The standard InChI is InChI=1S/C38H37BF2N2O2/c1-37(2)38(3,4)45-39(44-37)32-22-28(7-5-26-9-19-35(42-24-26)30-11-15-33(40)16-12-30)21-29(23-32)8-6-27-10-20-36(43-25-27)31-13-17-34(41)18-14-31/h9-25H,5-8H2,1-4H3. The lowest BCUT2D eigenvalue weighted by atomic mass is 9.76. The molecule has 2 aromatic heterocycles. The number of hydrogen-bond acceptors (Lipinski definition) is 4. The molecule has 0 spiro atoms. The number of halogens is 2. The Morgan fingerprint density at radius 2 is 0.933 bits per heavy atom. The van der Waals surface area contributed by atoms with Crippen molar-refractivity contribution in [1.82, 2.24) is 9.97 Å². The van der Waals surface area contributed by atoms with E-state index in [4.69, 9.17) is 9.31 Å². The topological polar surface area (TPSA) is 44.2 Å². The zero-order chi connectivity index (χ0) is 31.6. The first-order valence-electron chi connectivity index (χ1n) is 15.4. The summed E-state index contributed by atoms with van der Waals surface area (Å²) in [5, 5.41) is 0. The predicted octanol–water partition coefficient (Wildman–Crippen LogP) is 7.96. The van der Waals surface area contributed by atoms with Gasteiger partial charge in [0.25, 0.3) is 0 Å². The Morgan fingerprint density at radius 3 is 1.31 bits per heavy atom. The molecule has 4 nitrogen and oxygen atoms in total. The Hall–Kier alpha value is -4.20. The molecule has 0 N–H and O–H groups in total. The van der Waals surface area contributed by atoms with Crippen molar-refractivity contribution in [1.29, 1.82) is 0 Å². The van der Waals surface area contributed by atoms with Gasteiger partial charge in [0.2, 0.25) is 0 Å². The predicted molar refractivity (Wildman–Crippen MR) is 176 cm³/mol. The maximum atomic E-state index is 13.3. The Morgan fingerprint density at radius 1 is 0.533 bits per heavy atom. The quantitative estimate of drug-likeness (QED) is 0.161. The van der Waals surface area contributed by atoms with Crippen LogP contribution >= 0.6 is 0 Å². The maximum Gasteiger partial charge on any atom is 0.494 e. The van der Waals surface area contributed by atoms with Gasteiger partial charge >= 0.3 is 7.12 Å². The fraction of sp³-hybridized carbons (Fsp3) is 0.263. The number of benzene rings is 3. The van der Waals surface area contributed by atoms with E-state index in [0.717, 1.165) is 64.8 Å². The molecule has 3 heterocycles. The van der Waals surface area contributed by atoms with E-state index in [9.17, 15) is 8.78 Å². The molecule has 0 saturated carbocycles. The van der Waals surface area contributed by atoms with Gasteiger partial charge in [-0.25, -0.2) is 8.78 Å². The number of aromatic nitrogens is 2. The van der Waals surface area contributed by atoms with E-state index in [0.29, 0.717) is 0 Å². The van der Waals surface area contributed by atoms with Crippen LogP contribution in [-0.4, -0.2) is 28.3 Å². The van der Waals surface area contributed by atoms with Crippen molar-refractivity contribution in [3.63, 3.8) is 0 Å². The maximum absolute atomic E-state index is 13.3. The second-order valence-electron chi connectivity index (χ2n) is 12.8. The highest BCUT2D eigenvalue weighted by Crippen LogP contribution is 2.36. The Bertz CT molecular complexity index is 1630. The van der Waals surface area contributed by atoms with E-state index in [-0.39, 0.29) is 11.6 Å². The van der Waals surface area contributed by atoms with Crippen molar-refractivity contribution in [2.75, 3.05) is 0 Å². The van der Waals surface area contributed by atoms with E-state index in [1.165, 1.54) is 35.4 Å². The lowest BCUT2D eigenvalue weighted by Crippen LogP contribution is -2.41. The van der Waals surface area contributed by atoms with Gasteiger partial charge in [0, 0.05) is 23.5 Å². The van der Waals surface area contributed by atoms with Gasteiger partial charge in [0.1, 0.15) is 11.6 Å². The molecule has 0 radical (unpaired) electrons. The third-order valence-corrected chi connectivity index (χ3v) is 8.93. The van der Waals surface area contributed by atoms with Gasteiger partial charge in [0.05, 0.1) is 22.6 Å². The number of rotatable bonds is 9. The summed E-state index contributed by atoms with van der Waals surface area (Å²) in [6, 6.07) is 27.6. The Balaban J connectivity index is 1.18. The third kappa shape index (κ3) is 7.21. The molecule has 228 valence electrons. The van der Waals surface area contributed by atoms with E-state index < -0.39 is 18.3 Å². The normalized spacial score (nSPS) is 15.4. The second-order valence-corrected chi connectivity index (χ2v) is 12.8. The average Bonchev–Trinajstić information content (AvgIpc) is 3.26. The van der Waals surface area contributed by atoms with Gasteiger partial charge in [-0.3, -0.25) is 9.97 Å². The van der Waals surface area contributed by atoms with Crippen LogP contribution in [0.4, 0.5) is 8.78 Å². The SMILES string of the molecule is CC1(C)OB(c2cc(CCc3ccc(-c4ccc(F)cc4)nc3)cc(CCc3ccc(-c4ccc(F)cc4)nc3)c2)OC1(C)C. The van der Waals surface area contributed by atoms with Crippen molar-refractivity contribution in [2.24, 2.45) is 0 Å². The van der Waals surface area contributed by atoms with Crippen molar-refractivity contribution < 1.29 is 18.1 Å². The largest absolute Gasteiger partial charge is 0.494 e. The second kappa shape index (κ2) is 12.7. The van der Waals surface area contributed by atoms with E-state index >= 15 is 0 Å². The summed E-state index contributed by atoms with van der Waals surface area (Å²) in [7, 11) is -0.443. The highest BCUT2D eigenvalue weighted by Gasteiger charge is 2.51. The van der Waals surface area contributed by atoms with Crippen LogP contribution in [0.15, 0.2) is 103 Å². The van der Waals surface area contributed by atoms with Crippen LogP contribution in [0, 0.1) is 11.6 Å². The smallest absolute Gasteiger partial charge is 0.399 e. The summed E-state index contributed by atoms with van der Waals surface area (Å²) in [6.45, 7) is 8.29. The van der Waals surface area contributed by atoms with Crippen LogP contribution in [0.3, 0.4) is 0 Å². The Labute approximate surface area is 264 Å². The Kier molecular flexibility index (Phi) is 8.67. The van der Waals surface area contributed by atoms with Crippen LogP contribution in [0.1, 0.15) is 49.9 Å². The molecule has 1 saturated heterocycles. The number of pyridine rings is 2. The molecule has 7 heteroatoms. The minimum absolute atomic E-state index is 0.256. The number of nitrogens with zero attached hydrogens (tertiary/aromatic N) is 2. The highest BCUT2D eigenvalue weighted by molar-refractivity contribution is 6.62. The van der Waals surface area contributed by atoms with Crippen LogP contribution < -0.4 is 5.46 Å². The van der Waals surface area contributed by atoms with Crippen molar-refractivity contribution in [3.05, 3.63) is 137 Å². The first kappa shape index (κ1) is 30.8. The van der Waals surface area contributed by atoms with Crippen LogP contribution in [0.25, 0.3) is 22.5 Å². The van der Waals surface area contributed by atoms with Gasteiger partial charge < -0.3 is 9.31 Å². The van der Waals surface area contributed by atoms with Crippen LogP contribution in [0.5, 0.6) is 0 Å². The fourth-order valence-electron chi connectivity index (χ4n) is 5.50. The van der Waals surface area contributed by atoms with E-state index in [1.807, 2.05) is 24.5 Å². The minimum atomic E-state index is -0.443. The van der Waals surface area contributed by atoms with Gasteiger partial charge in [-0.2, -0.15) is 0 Å². The molecule has 0 atom stereocenters. The molecule has 5 aromatic rings. The molecule has 0 bridgehead atoms. The molecular weight excluding hydrogens is 565 g/mol. The van der Waals surface area contributed by atoms with E-state index in [2.05, 4.69) is 68.0 Å². The fourth-order valence-corrected chi connectivity index (χ4v) is 5.50. The van der Waals surface area contributed by atoms with E-state index in [1.54, 1.807) is 24.3 Å². The molecule has 0 amide bonds. The first-order valence-corrected chi connectivity index (χ1v) is 15.4. The molecule has 1 aliphatic heterocycles. The van der Waals surface area contributed by atoms with Gasteiger partial charge in [0.15, 0.2) is 0 Å². The minimum Gasteiger partial charge on any atom is -0.399 e. The highest BCUT2D eigenvalue weighted by atomic mass is 19.1. The molecular formula is C38H37BF2N2O2. The summed E-state index contributed by atoms with van der Waals surface area (Å²) < 4.78 is 39.5. The van der Waals surface area contributed by atoms with Crippen molar-refractivity contribution in [2.45, 2.75) is 64.6 Å². The summed E-state index contributed by atoms with van der Waals surface area (Å²) in [4.78, 5) is 9.26. The first-order chi connectivity index (χ1) is 21.5. The molecule has 0 unspecified atom stereocenters. The van der Waals surface area contributed by atoms with Crippen molar-refractivity contribution in [3.8, 4) is 22.5 Å². The van der Waals surface area contributed by atoms with Crippen LogP contribution in [0.2, 0.25) is 0 Å². The summed E-state index contributed by atoms with van der Waals surface area (Å²) in [5.74, 6) is -0.511. The average molecular weight is 603 g/mol. The molecule has 1 fully saturated rings. The number of aryl methyl sites for hydroxylation is 4. The molecule has 6 rings (SSSR count). The molecule has 45 heavy (non-hydrogen) atoms. The lowest BCUT2D eigenvalue weighted by Gasteiger charge is -2.32. The van der Waals surface area contributed by atoms with Gasteiger partial charge in [-0.05, 0) is 142 Å². The third-order valence-electron chi connectivity index (χ3n) is 8.93. The summed E-state index contributed by atoms with van der Waals surface area (Å²) in [6.07, 6.45) is 7.15. The summed E-state index contributed by atoms with van der Waals surface area (Å²) in [5.41, 5.74) is 8.29. The zero-order valence-electron chi connectivity index (χ0n) is 26.2.